The Kier molecular flexibility index (Phi) is 6.77. The van der Waals surface area contributed by atoms with Gasteiger partial charge in [0.2, 0.25) is 0 Å². The number of hydrogen-bond donors (Lipinski definition) is 2. The van der Waals surface area contributed by atoms with Gasteiger partial charge in [0.1, 0.15) is 0 Å². The molecule has 0 spiro atoms. The maximum atomic E-state index is 12.9. The number of halogens is 4. The molecule has 1 fully saturated rings. The fraction of sp³-hybridized carbons (Fsp3) is 0.474. The van der Waals surface area contributed by atoms with Crippen LogP contribution in [0.25, 0.3) is 5.69 Å². The van der Waals surface area contributed by atoms with Gasteiger partial charge in [-0.15, -0.1) is 12.4 Å². The van der Waals surface area contributed by atoms with E-state index >= 15 is 0 Å². The summed E-state index contributed by atoms with van der Waals surface area (Å²) in [5.41, 5.74) is 0.435. The lowest BCUT2D eigenvalue weighted by Crippen LogP contribution is -2.43. The maximum absolute atomic E-state index is 12.9. The van der Waals surface area contributed by atoms with Crippen molar-refractivity contribution in [1.29, 1.82) is 0 Å². The second kappa shape index (κ2) is 8.53. The number of benzene rings is 1. The number of alkyl halides is 3. The number of aromatic nitrogens is 2. The van der Waals surface area contributed by atoms with Crippen LogP contribution in [0.5, 0.6) is 0 Å². The molecular formula is C19H24ClF3N4O. The van der Waals surface area contributed by atoms with E-state index in [0.29, 0.717) is 17.8 Å². The monoisotopic (exact) mass is 416 g/mol. The molecule has 154 valence electrons. The Balaban J connectivity index is 0.00000280. The van der Waals surface area contributed by atoms with Crippen LogP contribution in [0, 0.1) is 12.3 Å². The van der Waals surface area contributed by atoms with Crippen LogP contribution in [-0.2, 0) is 6.18 Å². The normalized spacial score (nSPS) is 16.3. The minimum Gasteiger partial charge on any atom is -0.351 e. The third-order valence-corrected chi connectivity index (χ3v) is 5.16. The van der Waals surface area contributed by atoms with Crippen molar-refractivity contribution in [3.8, 4) is 5.69 Å². The minimum atomic E-state index is -4.43. The largest absolute Gasteiger partial charge is 0.416 e. The molecule has 2 aromatic rings. The molecule has 0 saturated carbocycles. The van der Waals surface area contributed by atoms with Crippen molar-refractivity contribution < 1.29 is 18.0 Å². The van der Waals surface area contributed by atoms with E-state index in [2.05, 4.69) is 22.7 Å². The second-order valence-electron chi connectivity index (χ2n) is 7.35. The van der Waals surface area contributed by atoms with Gasteiger partial charge < -0.3 is 10.6 Å². The van der Waals surface area contributed by atoms with Gasteiger partial charge in [-0.2, -0.15) is 18.3 Å². The number of carbonyl (C=O) groups excluding carboxylic acids is 1. The van der Waals surface area contributed by atoms with E-state index in [9.17, 15) is 18.0 Å². The molecule has 28 heavy (non-hydrogen) atoms. The summed E-state index contributed by atoms with van der Waals surface area (Å²) in [5.74, 6) is -0.259. The number of carbonyl (C=O) groups is 1. The lowest BCUT2D eigenvalue weighted by atomic mass is 9.81. The van der Waals surface area contributed by atoms with Crippen molar-refractivity contribution in [3.63, 3.8) is 0 Å². The molecule has 0 bridgehead atoms. The number of nitrogens with one attached hydrogen (secondary N) is 2. The zero-order valence-corrected chi connectivity index (χ0v) is 16.6. The van der Waals surface area contributed by atoms with Crippen LogP contribution < -0.4 is 10.6 Å². The number of amides is 1. The third-order valence-electron chi connectivity index (χ3n) is 5.16. The molecule has 1 amide bonds. The molecule has 2 N–H and O–H groups in total. The molecule has 1 aliphatic rings. The summed E-state index contributed by atoms with van der Waals surface area (Å²) in [6.45, 7) is 6.24. The van der Waals surface area contributed by atoms with Crippen molar-refractivity contribution in [2.24, 2.45) is 5.41 Å². The van der Waals surface area contributed by atoms with Crippen molar-refractivity contribution in [2.75, 3.05) is 19.6 Å². The predicted molar refractivity (Wildman–Crippen MR) is 103 cm³/mol. The number of hydrogen-bond acceptors (Lipinski definition) is 3. The van der Waals surface area contributed by atoms with E-state index in [1.807, 2.05) is 0 Å². The predicted octanol–water partition coefficient (Wildman–Crippen LogP) is 3.74. The summed E-state index contributed by atoms with van der Waals surface area (Å²) in [6.07, 6.45) is -1.07. The van der Waals surface area contributed by atoms with Gasteiger partial charge in [-0.25, -0.2) is 4.68 Å². The maximum Gasteiger partial charge on any atom is 0.416 e. The first-order valence-corrected chi connectivity index (χ1v) is 8.91. The van der Waals surface area contributed by atoms with Gasteiger partial charge in [0.05, 0.1) is 28.7 Å². The lowest BCUT2D eigenvalue weighted by Gasteiger charge is -2.34. The SMILES string of the molecule is Cc1c(C(=O)NCC2(C)CCNCC2)cnn1-c1cccc(C(F)(F)F)c1.Cl. The Morgan fingerprint density at radius 1 is 1.32 bits per heavy atom. The van der Waals surface area contributed by atoms with Crippen LogP contribution >= 0.6 is 12.4 Å². The summed E-state index contributed by atoms with van der Waals surface area (Å²) in [5, 5.41) is 10.4. The molecule has 2 heterocycles. The van der Waals surface area contributed by atoms with Crippen LogP contribution in [0.4, 0.5) is 13.2 Å². The summed E-state index contributed by atoms with van der Waals surface area (Å²) >= 11 is 0. The first-order chi connectivity index (χ1) is 12.7. The Hall–Kier alpha value is -2.06. The molecule has 1 aromatic carbocycles. The summed E-state index contributed by atoms with van der Waals surface area (Å²) in [7, 11) is 0. The number of piperidine rings is 1. The minimum absolute atomic E-state index is 0. The third kappa shape index (κ3) is 4.86. The molecule has 1 aliphatic heterocycles. The molecular weight excluding hydrogens is 393 g/mol. The molecule has 0 unspecified atom stereocenters. The first kappa shape index (κ1) is 22.2. The lowest BCUT2D eigenvalue weighted by molar-refractivity contribution is -0.137. The Morgan fingerprint density at radius 3 is 2.64 bits per heavy atom. The highest BCUT2D eigenvalue weighted by atomic mass is 35.5. The van der Waals surface area contributed by atoms with Crippen molar-refractivity contribution in [3.05, 3.63) is 47.3 Å². The van der Waals surface area contributed by atoms with Gasteiger partial charge in [-0.3, -0.25) is 4.79 Å². The molecule has 0 radical (unpaired) electrons. The van der Waals surface area contributed by atoms with E-state index in [1.165, 1.54) is 23.0 Å². The van der Waals surface area contributed by atoms with Gasteiger partial charge in [0, 0.05) is 6.54 Å². The van der Waals surface area contributed by atoms with Crippen molar-refractivity contribution in [1.82, 2.24) is 20.4 Å². The van der Waals surface area contributed by atoms with Crippen LogP contribution in [0.2, 0.25) is 0 Å². The van der Waals surface area contributed by atoms with Crippen molar-refractivity contribution >= 4 is 18.3 Å². The molecule has 1 aromatic heterocycles. The number of nitrogens with zero attached hydrogens (tertiary/aromatic N) is 2. The zero-order chi connectivity index (χ0) is 19.7. The summed E-state index contributed by atoms with van der Waals surface area (Å²) in [4.78, 5) is 12.6. The smallest absolute Gasteiger partial charge is 0.351 e. The van der Waals surface area contributed by atoms with Gasteiger partial charge in [0.25, 0.3) is 5.91 Å². The fourth-order valence-corrected chi connectivity index (χ4v) is 3.30. The van der Waals surface area contributed by atoms with Gasteiger partial charge in [-0.05, 0) is 56.5 Å². The quantitative estimate of drug-likeness (QED) is 0.798. The Bertz CT molecular complexity index is 829. The van der Waals surface area contributed by atoms with Gasteiger partial charge >= 0.3 is 6.18 Å². The molecule has 1 saturated heterocycles. The Labute approximate surface area is 168 Å². The summed E-state index contributed by atoms with van der Waals surface area (Å²) in [6, 6.07) is 4.90. The highest BCUT2D eigenvalue weighted by Crippen LogP contribution is 2.31. The second-order valence-corrected chi connectivity index (χ2v) is 7.35. The van der Waals surface area contributed by atoms with Crippen LogP contribution in [0.3, 0.4) is 0 Å². The van der Waals surface area contributed by atoms with E-state index in [-0.39, 0.29) is 29.4 Å². The molecule has 0 aliphatic carbocycles. The fourth-order valence-electron chi connectivity index (χ4n) is 3.30. The van der Waals surface area contributed by atoms with E-state index in [1.54, 1.807) is 6.92 Å². The zero-order valence-electron chi connectivity index (χ0n) is 15.8. The molecule has 5 nitrogen and oxygen atoms in total. The number of rotatable bonds is 4. The topological polar surface area (TPSA) is 59.0 Å². The van der Waals surface area contributed by atoms with Crippen molar-refractivity contribution in [2.45, 2.75) is 32.9 Å². The van der Waals surface area contributed by atoms with Crippen LogP contribution in [0.1, 0.15) is 41.4 Å². The average Bonchev–Trinajstić information content (AvgIpc) is 3.01. The van der Waals surface area contributed by atoms with Crippen LogP contribution in [0.15, 0.2) is 30.5 Å². The summed E-state index contributed by atoms with van der Waals surface area (Å²) < 4.78 is 40.2. The van der Waals surface area contributed by atoms with E-state index < -0.39 is 11.7 Å². The van der Waals surface area contributed by atoms with Gasteiger partial charge in [0.15, 0.2) is 0 Å². The van der Waals surface area contributed by atoms with E-state index in [4.69, 9.17) is 0 Å². The first-order valence-electron chi connectivity index (χ1n) is 8.91. The average molecular weight is 417 g/mol. The van der Waals surface area contributed by atoms with E-state index in [0.717, 1.165) is 38.1 Å². The standard InChI is InChI=1S/C19H23F3N4O.ClH/c1-13-16(17(27)24-12-18(2)6-8-23-9-7-18)11-25-26(13)15-5-3-4-14(10-15)19(20,21)22;/h3-5,10-11,23H,6-9,12H2,1-2H3,(H,24,27);1H. The highest BCUT2D eigenvalue weighted by Gasteiger charge is 2.31. The molecule has 3 rings (SSSR count). The highest BCUT2D eigenvalue weighted by molar-refractivity contribution is 5.95. The molecule has 9 heteroatoms. The molecule has 0 atom stereocenters. The van der Waals surface area contributed by atoms with Crippen LogP contribution in [-0.4, -0.2) is 35.3 Å². The Morgan fingerprint density at radius 2 is 2.00 bits per heavy atom. The van der Waals surface area contributed by atoms with Gasteiger partial charge in [-0.1, -0.05) is 13.0 Å².